The molecule has 0 spiro atoms. The van der Waals surface area contributed by atoms with Crippen LogP contribution < -0.4 is 11.1 Å². The Morgan fingerprint density at radius 2 is 1.78 bits per heavy atom. The Labute approximate surface area is 169 Å². The molecule has 1 aliphatic carbocycles. The number of carbonyl (C=O) groups is 1. The fourth-order valence-electron chi connectivity index (χ4n) is 3.35. The van der Waals surface area contributed by atoms with Crippen molar-refractivity contribution < 1.29 is 13.2 Å². The van der Waals surface area contributed by atoms with Crippen LogP contribution in [0, 0.1) is 0 Å². The molecule has 1 saturated carbocycles. The fourth-order valence-corrected chi connectivity index (χ4v) is 4.04. The second-order valence-electron chi connectivity index (χ2n) is 8.70. The van der Waals surface area contributed by atoms with Gasteiger partial charge in [0, 0.05) is 18.2 Å². The minimum Gasteiger partial charge on any atom is -0.354 e. The lowest BCUT2D eigenvalue weighted by atomic mass is 9.64. The lowest BCUT2D eigenvalue weighted by Gasteiger charge is -2.43. The van der Waals surface area contributed by atoms with Crippen molar-refractivity contribution in [3.63, 3.8) is 0 Å². The molecule has 1 aromatic rings. The molecule has 27 heavy (non-hydrogen) atoms. The van der Waals surface area contributed by atoms with Crippen molar-refractivity contribution in [1.82, 2.24) is 5.32 Å². The van der Waals surface area contributed by atoms with Crippen molar-refractivity contribution in [2.45, 2.75) is 63.3 Å². The number of benzene rings is 1. The molecule has 0 aromatic heterocycles. The van der Waals surface area contributed by atoms with E-state index in [2.05, 4.69) is 50.4 Å². The highest BCUT2D eigenvalue weighted by atomic mass is 35.5. The van der Waals surface area contributed by atoms with Crippen molar-refractivity contribution in [3.05, 3.63) is 35.4 Å². The largest absolute Gasteiger partial charge is 0.354 e. The van der Waals surface area contributed by atoms with Crippen molar-refractivity contribution >= 4 is 28.2 Å². The number of nitrogens with two attached hydrogens (primary N) is 1. The van der Waals surface area contributed by atoms with E-state index >= 15 is 0 Å². The highest BCUT2D eigenvalue weighted by molar-refractivity contribution is 7.90. The number of hydrogen-bond acceptors (Lipinski definition) is 4. The molecule has 0 saturated heterocycles. The average molecular weight is 417 g/mol. The van der Waals surface area contributed by atoms with Gasteiger partial charge < -0.3 is 11.1 Å². The van der Waals surface area contributed by atoms with Gasteiger partial charge in [-0.3, -0.25) is 4.79 Å². The third kappa shape index (κ3) is 6.47. The van der Waals surface area contributed by atoms with Crippen LogP contribution in [0.3, 0.4) is 0 Å². The van der Waals surface area contributed by atoms with Crippen LogP contribution in [0.5, 0.6) is 0 Å². The molecule has 1 atom stereocenters. The molecule has 0 radical (unpaired) electrons. The van der Waals surface area contributed by atoms with Crippen molar-refractivity contribution in [2.24, 2.45) is 5.73 Å². The zero-order valence-corrected chi connectivity index (χ0v) is 18.4. The van der Waals surface area contributed by atoms with Crippen molar-refractivity contribution in [1.29, 1.82) is 0 Å². The zero-order chi connectivity index (χ0) is 19.6. The van der Waals surface area contributed by atoms with Gasteiger partial charge in [-0.25, -0.2) is 8.42 Å². The van der Waals surface area contributed by atoms with E-state index < -0.39 is 15.9 Å². The molecule has 0 aliphatic heterocycles. The number of carbonyl (C=O) groups excluding carboxylic acids is 1. The summed E-state index contributed by atoms with van der Waals surface area (Å²) >= 11 is 0. The molecule has 5 nitrogen and oxygen atoms in total. The Morgan fingerprint density at radius 3 is 2.19 bits per heavy atom. The molecular weight excluding hydrogens is 384 g/mol. The SMILES string of the molecule is CC(C)(C)c1ccc(C2(CNC(=O)C(N)CCS(C)(=O)=O)CCC2)cc1.Cl. The van der Waals surface area contributed by atoms with Gasteiger partial charge in [-0.05, 0) is 35.8 Å². The molecule has 154 valence electrons. The topological polar surface area (TPSA) is 89.3 Å². The maximum atomic E-state index is 12.2. The number of nitrogens with one attached hydrogen (secondary N) is 1. The predicted molar refractivity (Wildman–Crippen MR) is 113 cm³/mol. The number of rotatable bonds is 7. The van der Waals surface area contributed by atoms with Crippen LogP contribution in [-0.2, 0) is 25.5 Å². The minimum absolute atomic E-state index is 0. The second-order valence-corrected chi connectivity index (χ2v) is 11.0. The first-order valence-corrected chi connectivity index (χ1v) is 11.3. The summed E-state index contributed by atoms with van der Waals surface area (Å²) in [6.45, 7) is 7.13. The summed E-state index contributed by atoms with van der Waals surface area (Å²) in [5.41, 5.74) is 8.48. The molecule has 7 heteroatoms. The van der Waals surface area contributed by atoms with Crippen LogP contribution in [0.25, 0.3) is 0 Å². The molecule has 1 amide bonds. The second kappa shape index (κ2) is 8.93. The van der Waals surface area contributed by atoms with Crippen LogP contribution in [-0.4, -0.2) is 38.9 Å². The maximum Gasteiger partial charge on any atom is 0.236 e. The smallest absolute Gasteiger partial charge is 0.236 e. The molecule has 1 aliphatic rings. The van der Waals surface area contributed by atoms with Gasteiger partial charge in [0.15, 0.2) is 0 Å². The number of hydrogen-bond donors (Lipinski definition) is 2. The Morgan fingerprint density at radius 1 is 1.22 bits per heavy atom. The molecule has 3 N–H and O–H groups in total. The molecule has 1 unspecified atom stereocenters. The van der Waals surface area contributed by atoms with Gasteiger partial charge in [0.05, 0.1) is 11.8 Å². The van der Waals surface area contributed by atoms with Gasteiger partial charge in [0.25, 0.3) is 0 Å². The zero-order valence-electron chi connectivity index (χ0n) is 16.7. The van der Waals surface area contributed by atoms with Gasteiger partial charge >= 0.3 is 0 Å². The van der Waals surface area contributed by atoms with Crippen molar-refractivity contribution in [2.75, 3.05) is 18.6 Å². The average Bonchev–Trinajstić information content (AvgIpc) is 2.50. The van der Waals surface area contributed by atoms with E-state index in [4.69, 9.17) is 5.73 Å². The first-order chi connectivity index (χ1) is 11.9. The maximum absolute atomic E-state index is 12.2. The molecule has 1 aromatic carbocycles. The number of sulfone groups is 1. The van der Waals surface area contributed by atoms with E-state index in [1.165, 1.54) is 11.1 Å². The van der Waals surface area contributed by atoms with E-state index in [0.29, 0.717) is 6.54 Å². The van der Waals surface area contributed by atoms with E-state index in [-0.39, 0.29) is 41.3 Å². The predicted octanol–water partition coefficient (Wildman–Crippen LogP) is 2.71. The lowest BCUT2D eigenvalue weighted by Crippen LogP contribution is -2.50. The Balaban J connectivity index is 0.00000364. The number of amides is 1. The van der Waals surface area contributed by atoms with Crippen LogP contribution >= 0.6 is 12.4 Å². The van der Waals surface area contributed by atoms with Crippen LogP contribution in [0.1, 0.15) is 57.6 Å². The summed E-state index contributed by atoms with van der Waals surface area (Å²) in [4.78, 5) is 12.2. The van der Waals surface area contributed by atoms with Gasteiger partial charge in [0.2, 0.25) is 5.91 Å². The van der Waals surface area contributed by atoms with Crippen LogP contribution in [0.15, 0.2) is 24.3 Å². The van der Waals surface area contributed by atoms with E-state index in [1.807, 2.05) is 0 Å². The van der Waals surface area contributed by atoms with Crippen LogP contribution in [0.2, 0.25) is 0 Å². The lowest BCUT2D eigenvalue weighted by molar-refractivity contribution is -0.122. The van der Waals surface area contributed by atoms with E-state index in [0.717, 1.165) is 25.5 Å². The quantitative estimate of drug-likeness (QED) is 0.715. The Bertz CT molecular complexity index is 735. The third-order valence-electron chi connectivity index (χ3n) is 5.41. The molecule has 2 rings (SSSR count). The molecule has 0 bridgehead atoms. The van der Waals surface area contributed by atoms with Gasteiger partial charge in [0.1, 0.15) is 9.84 Å². The Hall–Kier alpha value is -1.11. The first kappa shape index (κ1) is 23.9. The highest BCUT2D eigenvalue weighted by Gasteiger charge is 2.39. The summed E-state index contributed by atoms with van der Waals surface area (Å²) < 4.78 is 22.5. The van der Waals surface area contributed by atoms with Crippen LogP contribution in [0.4, 0.5) is 0 Å². The monoisotopic (exact) mass is 416 g/mol. The fraction of sp³-hybridized carbons (Fsp3) is 0.650. The van der Waals surface area contributed by atoms with Gasteiger partial charge in [-0.15, -0.1) is 12.4 Å². The standard InChI is InChI=1S/C20H32N2O3S.ClH/c1-19(2,3)15-6-8-16(9-7-15)20(11-5-12-20)14-22-18(23)17(21)10-13-26(4,24)25;/h6-9,17H,5,10-14,21H2,1-4H3,(H,22,23);1H. The molecular formula is C20H33ClN2O3S. The Kier molecular flexibility index (Phi) is 7.91. The first-order valence-electron chi connectivity index (χ1n) is 9.25. The van der Waals surface area contributed by atoms with E-state index in [1.54, 1.807) is 0 Å². The summed E-state index contributed by atoms with van der Waals surface area (Å²) in [5.74, 6) is -0.340. The molecule has 0 heterocycles. The number of halogens is 1. The van der Waals surface area contributed by atoms with Gasteiger partial charge in [-0.2, -0.15) is 0 Å². The van der Waals surface area contributed by atoms with Crippen molar-refractivity contribution in [3.8, 4) is 0 Å². The molecule has 1 fully saturated rings. The minimum atomic E-state index is -3.11. The summed E-state index contributed by atoms with van der Waals surface area (Å²) in [6, 6.07) is 7.92. The van der Waals surface area contributed by atoms with E-state index in [9.17, 15) is 13.2 Å². The highest BCUT2D eigenvalue weighted by Crippen LogP contribution is 2.43. The van der Waals surface area contributed by atoms with Gasteiger partial charge in [-0.1, -0.05) is 51.5 Å². The summed E-state index contributed by atoms with van der Waals surface area (Å²) in [5, 5.41) is 2.95. The normalized spacial score (nSPS) is 17.4. The summed E-state index contributed by atoms with van der Waals surface area (Å²) in [7, 11) is -3.11. The third-order valence-corrected chi connectivity index (χ3v) is 6.39. The summed E-state index contributed by atoms with van der Waals surface area (Å²) in [6.07, 6.45) is 4.54.